The maximum absolute atomic E-state index is 11.8. The molecule has 1 atom stereocenters. The molecule has 1 fully saturated rings. The summed E-state index contributed by atoms with van der Waals surface area (Å²) in [4.78, 5) is 24.3. The van der Waals surface area contributed by atoms with E-state index in [1.54, 1.807) is 12.3 Å². The Kier molecular flexibility index (Phi) is 5.52. The van der Waals surface area contributed by atoms with Crippen molar-refractivity contribution in [1.82, 2.24) is 20.3 Å². The number of amides is 1. The smallest absolute Gasteiger partial charge is 0.249 e. The Labute approximate surface area is 140 Å². The van der Waals surface area contributed by atoms with Gasteiger partial charge in [0.1, 0.15) is 29.9 Å². The van der Waals surface area contributed by atoms with E-state index in [0.717, 1.165) is 12.8 Å². The first-order valence-electron chi connectivity index (χ1n) is 7.94. The minimum absolute atomic E-state index is 0.0468. The van der Waals surface area contributed by atoms with Crippen LogP contribution >= 0.6 is 0 Å². The normalized spacial score (nSPS) is 16.6. The molecule has 0 saturated carbocycles. The number of carbonyl (C=O) groups excluding carboxylic acids is 1. The van der Waals surface area contributed by atoms with Gasteiger partial charge in [0.05, 0.1) is 0 Å². The molecule has 0 radical (unpaired) electrons. The molecule has 8 nitrogen and oxygen atoms in total. The number of hydrogen-bond donors (Lipinski definition) is 3. The Morgan fingerprint density at radius 1 is 1.17 bits per heavy atom. The van der Waals surface area contributed by atoms with Gasteiger partial charge < -0.3 is 20.7 Å². The quantitative estimate of drug-likeness (QED) is 0.659. The molecule has 2 aromatic heterocycles. The van der Waals surface area contributed by atoms with Crippen molar-refractivity contribution in [2.75, 3.05) is 30.3 Å². The Balaban J connectivity index is 1.44. The second-order valence-electron chi connectivity index (χ2n) is 5.35. The highest BCUT2D eigenvalue weighted by Crippen LogP contribution is 2.13. The third-order valence-electron chi connectivity index (χ3n) is 3.54. The molecule has 3 rings (SSSR count). The average molecular weight is 328 g/mol. The van der Waals surface area contributed by atoms with Gasteiger partial charge in [-0.1, -0.05) is 6.07 Å². The number of ether oxygens (including phenoxy) is 1. The van der Waals surface area contributed by atoms with Crippen LogP contribution in [0.3, 0.4) is 0 Å². The highest BCUT2D eigenvalue weighted by Gasteiger charge is 2.22. The van der Waals surface area contributed by atoms with E-state index >= 15 is 0 Å². The van der Waals surface area contributed by atoms with Crippen LogP contribution in [-0.2, 0) is 9.53 Å². The number of anilines is 3. The van der Waals surface area contributed by atoms with Crippen LogP contribution in [0.4, 0.5) is 17.5 Å². The summed E-state index contributed by atoms with van der Waals surface area (Å²) in [5.41, 5.74) is 0. The molecule has 2 aromatic rings. The lowest BCUT2D eigenvalue weighted by Gasteiger charge is -2.11. The number of nitrogens with one attached hydrogen (secondary N) is 3. The number of carbonyl (C=O) groups is 1. The van der Waals surface area contributed by atoms with E-state index in [1.807, 2.05) is 18.2 Å². The summed E-state index contributed by atoms with van der Waals surface area (Å²) >= 11 is 0. The Morgan fingerprint density at radius 2 is 2.08 bits per heavy atom. The molecule has 0 bridgehead atoms. The van der Waals surface area contributed by atoms with Crippen molar-refractivity contribution in [2.24, 2.45) is 0 Å². The fourth-order valence-electron chi connectivity index (χ4n) is 2.36. The zero-order valence-corrected chi connectivity index (χ0v) is 13.2. The molecule has 1 saturated heterocycles. The molecular weight excluding hydrogens is 308 g/mol. The van der Waals surface area contributed by atoms with Crippen molar-refractivity contribution >= 4 is 23.4 Å². The van der Waals surface area contributed by atoms with Gasteiger partial charge in [-0.2, -0.15) is 0 Å². The van der Waals surface area contributed by atoms with Crippen molar-refractivity contribution in [1.29, 1.82) is 0 Å². The summed E-state index contributed by atoms with van der Waals surface area (Å²) in [7, 11) is 0. The number of aromatic nitrogens is 3. The van der Waals surface area contributed by atoms with E-state index < -0.39 is 0 Å². The van der Waals surface area contributed by atoms with E-state index in [2.05, 4.69) is 30.9 Å². The molecule has 3 N–H and O–H groups in total. The van der Waals surface area contributed by atoms with E-state index in [4.69, 9.17) is 4.74 Å². The number of pyridine rings is 1. The molecule has 8 heteroatoms. The van der Waals surface area contributed by atoms with Gasteiger partial charge in [-0.05, 0) is 25.0 Å². The van der Waals surface area contributed by atoms with Gasteiger partial charge in [-0.15, -0.1) is 0 Å². The molecule has 3 heterocycles. The lowest BCUT2D eigenvalue weighted by Crippen LogP contribution is -2.36. The largest absolute Gasteiger partial charge is 0.368 e. The lowest BCUT2D eigenvalue weighted by atomic mass is 10.2. The van der Waals surface area contributed by atoms with Crippen LogP contribution in [0, 0.1) is 0 Å². The van der Waals surface area contributed by atoms with Gasteiger partial charge in [0.15, 0.2) is 0 Å². The molecule has 0 aliphatic carbocycles. The molecular formula is C16H20N6O2. The Bertz CT molecular complexity index is 661. The van der Waals surface area contributed by atoms with Gasteiger partial charge in [0.25, 0.3) is 0 Å². The van der Waals surface area contributed by atoms with Crippen molar-refractivity contribution < 1.29 is 9.53 Å². The van der Waals surface area contributed by atoms with Gasteiger partial charge in [0.2, 0.25) is 5.91 Å². The lowest BCUT2D eigenvalue weighted by molar-refractivity contribution is -0.129. The monoisotopic (exact) mass is 328 g/mol. The van der Waals surface area contributed by atoms with E-state index in [9.17, 15) is 4.79 Å². The predicted octanol–water partition coefficient (Wildman–Crippen LogP) is 1.32. The first-order valence-corrected chi connectivity index (χ1v) is 7.94. The first-order chi connectivity index (χ1) is 11.8. The third kappa shape index (κ3) is 4.63. The molecule has 1 unspecified atom stereocenters. The molecule has 1 amide bonds. The average Bonchev–Trinajstić information content (AvgIpc) is 3.15. The van der Waals surface area contributed by atoms with Crippen LogP contribution in [0.25, 0.3) is 0 Å². The Hall–Kier alpha value is -2.74. The standard InChI is InChI=1S/C16H20N6O2/c23-16(12-4-3-9-24-12)19-8-7-18-14-10-15(21-11-20-14)22-13-5-1-2-6-17-13/h1-2,5-6,10-12H,3-4,7-9H2,(H,19,23)(H2,17,18,20,21,22). The van der Waals surface area contributed by atoms with E-state index in [-0.39, 0.29) is 12.0 Å². The van der Waals surface area contributed by atoms with Crippen molar-refractivity contribution in [3.05, 3.63) is 36.8 Å². The second-order valence-corrected chi connectivity index (χ2v) is 5.35. The van der Waals surface area contributed by atoms with Gasteiger partial charge >= 0.3 is 0 Å². The first kappa shape index (κ1) is 16.1. The maximum Gasteiger partial charge on any atom is 0.249 e. The summed E-state index contributed by atoms with van der Waals surface area (Å²) < 4.78 is 5.34. The van der Waals surface area contributed by atoms with Crippen LogP contribution in [0.1, 0.15) is 12.8 Å². The predicted molar refractivity (Wildman–Crippen MR) is 90.0 cm³/mol. The van der Waals surface area contributed by atoms with Gasteiger partial charge in [-0.25, -0.2) is 15.0 Å². The summed E-state index contributed by atoms with van der Waals surface area (Å²) in [6, 6.07) is 7.39. The molecule has 1 aliphatic rings. The molecule has 126 valence electrons. The summed E-state index contributed by atoms with van der Waals surface area (Å²) in [6.07, 6.45) is 4.63. The zero-order valence-electron chi connectivity index (χ0n) is 13.2. The van der Waals surface area contributed by atoms with Gasteiger partial charge in [0, 0.05) is 32.0 Å². The zero-order chi connectivity index (χ0) is 16.6. The Morgan fingerprint density at radius 3 is 2.88 bits per heavy atom. The van der Waals surface area contributed by atoms with Crippen LogP contribution < -0.4 is 16.0 Å². The molecule has 0 aromatic carbocycles. The van der Waals surface area contributed by atoms with Crippen molar-refractivity contribution in [2.45, 2.75) is 18.9 Å². The second kappa shape index (κ2) is 8.21. The highest BCUT2D eigenvalue weighted by molar-refractivity contribution is 5.80. The molecule has 24 heavy (non-hydrogen) atoms. The van der Waals surface area contributed by atoms with Crippen LogP contribution in [0.5, 0.6) is 0 Å². The molecule has 1 aliphatic heterocycles. The van der Waals surface area contributed by atoms with Crippen LogP contribution in [0.2, 0.25) is 0 Å². The third-order valence-corrected chi connectivity index (χ3v) is 3.54. The fourth-order valence-corrected chi connectivity index (χ4v) is 2.36. The SMILES string of the molecule is O=C(NCCNc1cc(Nc2ccccn2)ncn1)C1CCCO1. The summed E-state index contributed by atoms with van der Waals surface area (Å²) in [6.45, 7) is 1.74. The van der Waals surface area contributed by atoms with E-state index in [1.165, 1.54) is 6.33 Å². The maximum atomic E-state index is 11.8. The van der Waals surface area contributed by atoms with Crippen molar-refractivity contribution in [3.63, 3.8) is 0 Å². The molecule has 0 spiro atoms. The van der Waals surface area contributed by atoms with Crippen LogP contribution in [0.15, 0.2) is 36.8 Å². The summed E-state index contributed by atoms with van der Waals surface area (Å²) in [5, 5.41) is 9.11. The summed E-state index contributed by atoms with van der Waals surface area (Å²) in [5.74, 6) is 1.99. The van der Waals surface area contributed by atoms with Gasteiger partial charge in [-0.3, -0.25) is 4.79 Å². The number of rotatable bonds is 7. The fraction of sp³-hybridized carbons (Fsp3) is 0.375. The number of hydrogen-bond acceptors (Lipinski definition) is 7. The highest BCUT2D eigenvalue weighted by atomic mass is 16.5. The van der Waals surface area contributed by atoms with E-state index in [0.29, 0.717) is 37.1 Å². The minimum Gasteiger partial charge on any atom is -0.368 e. The van der Waals surface area contributed by atoms with Crippen LogP contribution in [-0.4, -0.2) is 46.7 Å². The number of nitrogens with zero attached hydrogens (tertiary/aromatic N) is 3. The minimum atomic E-state index is -0.293. The topological polar surface area (TPSA) is 101 Å². The van der Waals surface area contributed by atoms with Crippen molar-refractivity contribution in [3.8, 4) is 0 Å².